The lowest BCUT2D eigenvalue weighted by Gasteiger charge is -2.09. The second kappa shape index (κ2) is 9.19. The van der Waals surface area contributed by atoms with Gasteiger partial charge in [-0.1, -0.05) is 108 Å². The van der Waals surface area contributed by atoms with E-state index in [1.165, 1.54) is 44.5 Å². The Labute approximate surface area is 169 Å². The van der Waals surface area contributed by atoms with Crippen LogP contribution in [0.1, 0.15) is 22.3 Å². The van der Waals surface area contributed by atoms with Crippen LogP contribution in [-0.4, -0.2) is 0 Å². The molecule has 0 aromatic heterocycles. The summed E-state index contributed by atoms with van der Waals surface area (Å²) in [6.07, 6.45) is 0. The highest BCUT2D eigenvalue weighted by molar-refractivity contribution is 5.70. The van der Waals surface area contributed by atoms with Crippen molar-refractivity contribution in [3.8, 4) is 22.3 Å². The number of rotatable bonds is 2. The lowest BCUT2D eigenvalue weighted by Crippen LogP contribution is -1.87. The molecule has 0 fully saturated rings. The van der Waals surface area contributed by atoms with Gasteiger partial charge in [-0.05, 0) is 61.1 Å². The van der Waals surface area contributed by atoms with Crippen molar-refractivity contribution in [1.29, 1.82) is 0 Å². The van der Waals surface area contributed by atoms with E-state index >= 15 is 0 Å². The molecular weight excluding hydrogens is 336 g/mol. The molecule has 0 heterocycles. The van der Waals surface area contributed by atoms with Gasteiger partial charge in [0.1, 0.15) is 0 Å². The van der Waals surface area contributed by atoms with Crippen LogP contribution >= 0.6 is 0 Å². The summed E-state index contributed by atoms with van der Waals surface area (Å²) in [4.78, 5) is 0. The Morgan fingerprint density at radius 2 is 1.00 bits per heavy atom. The standard InChI is InChI=1S/C15H16.C13H12/c1-11-8-9-15(13(3)10-11)14-7-5-4-6-12(14)2;1-11-6-5-9-13(10-11)12-7-3-2-4-8-12/h4-10H,1-3H3;2-10H,1H3. The van der Waals surface area contributed by atoms with E-state index in [0.717, 1.165) is 0 Å². The molecule has 0 nitrogen and oxygen atoms in total. The van der Waals surface area contributed by atoms with Gasteiger partial charge in [-0.2, -0.15) is 0 Å². The van der Waals surface area contributed by atoms with Gasteiger partial charge in [0.05, 0.1) is 0 Å². The Bertz CT molecular complexity index is 1040. The zero-order valence-corrected chi connectivity index (χ0v) is 17.2. The third-order valence-corrected chi connectivity index (χ3v) is 4.94. The van der Waals surface area contributed by atoms with Crippen molar-refractivity contribution < 1.29 is 0 Å². The fourth-order valence-electron chi connectivity index (χ4n) is 3.45. The Kier molecular flexibility index (Phi) is 6.45. The number of hydrogen-bond acceptors (Lipinski definition) is 0. The van der Waals surface area contributed by atoms with Crippen molar-refractivity contribution in [1.82, 2.24) is 0 Å². The Hall–Kier alpha value is -3.12. The van der Waals surface area contributed by atoms with Gasteiger partial charge in [0, 0.05) is 0 Å². The maximum absolute atomic E-state index is 2.24. The van der Waals surface area contributed by atoms with E-state index in [-0.39, 0.29) is 0 Å². The fourth-order valence-corrected chi connectivity index (χ4v) is 3.45. The molecule has 0 unspecified atom stereocenters. The lowest BCUT2D eigenvalue weighted by atomic mass is 9.95. The van der Waals surface area contributed by atoms with Crippen LogP contribution in [0.2, 0.25) is 0 Å². The largest absolute Gasteiger partial charge is 0.0622 e. The topological polar surface area (TPSA) is 0 Å². The van der Waals surface area contributed by atoms with Gasteiger partial charge in [-0.3, -0.25) is 0 Å². The Balaban J connectivity index is 0.000000162. The molecule has 28 heavy (non-hydrogen) atoms. The quantitative estimate of drug-likeness (QED) is 0.338. The minimum Gasteiger partial charge on any atom is -0.0622 e. The third-order valence-electron chi connectivity index (χ3n) is 4.94. The minimum absolute atomic E-state index is 1.28. The van der Waals surface area contributed by atoms with Gasteiger partial charge < -0.3 is 0 Å². The Morgan fingerprint density at radius 3 is 1.68 bits per heavy atom. The molecular formula is C28H28. The molecule has 0 radical (unpaired) electrons. The summed E-state index contributed by atoms with van der Waals surface area (Å²) >= 11 is 0. The fraction of sp³-hybridized carbons (Fsp3) is 0.143. The first-order valence-corrected chi connectivity index (χ1v) is 9.80. The van der Waals surface area contributed by atoms with Gasteiger partial charge in [0.15, 0.2) is 0 Å². The summed E-state index contributed by atoms with van der Waals surface area (Å²) in [5.41, 5.74) is 10.6. The molecule has 0 aliphatic heterocycles. The van der Waals surface area contributed by atoms with E-state index in [9.17, 15) is 0 Å². The monoisotopic (exact) mass is 364 g/mol. The molecule has 140 valence electrons. The molecule has 0 amide bonds. The summed E-state index contributed by atoms with van der Waals surface area (Å²) in [7, 11) is 0. The third kappa shape index (κ3) is 4.98. The van der Waals surface area contributed by atoms with Gasteiger partial charge in [-0.15, -0.1) is 0 Å². The summed E-state index contributed by atoms with van der Waals surface area (Å²) in [5.74, 6) is 0. The maximum atomic E-state index is 2.24. The second-order valence-electron chi connectivity index (χ2n) is 7.37. The van der Waals surface area contributed by atoms with E-state index in [4.69, 9.17) is 0 Å². The van der Waals surface area contributed by atoms with Crippen LogP contribution in [0.5, 0.6) is 0 Å². The van der Waals surface area contributed by atoms with Crippen LogP contribution in [-0.2, 0) is 0 Å². The SMILES string of the molecule is Cc1ccc(-c2ccccc2C)c(C)c1.Cc1cccc(-c2ccccc2)c1. The lowest BCUT2D eigenvalue weighted by molar-refractivity contribution is 1.36. The molecule has 0 bridgehead atoms. The summed E-state index contributed by atoms with van der Waals surface area (Å²) in [6, 6.07) is 34.2. The zero-order chi connectivity index (χ0) is 19.9. The Morgan fingerprint density at radius 1 is 0.393 bits per heavy atom. The van der Waals surface area contributed by atoms with Gasteiger partial charge >= 0.3 is 0 Å². The van der Waals surface area contributed by atoms with Crippen molar-refractivity contribution in [2.75, 3.05) is 0 Å². The highest BCUT2D eigenvalue weighted by atomic mass is 14.1. The molecule has 0 aliphatic carbocycles. The van der Waals surface area contributed by atoms with E-state index < -0.39 is 0 Å². The van der Waals surface area contributed by atoms with Crippen LogP contribution in [0.3, 0.4) is 0 Å². The predicted octanol–water partition coefficient (Wildman–Crippen LogP) is 7.94. The molecule has 4 aromatic rings. The van der Waals surface area contributed by atoms with Gasteiger partial charge in [0.2, 0.25) is 0 Å². The van der Waals surface area contributed by atoms with Gasteiger partial charge in [-0.25, -0.2) is 0 Å². The van der Waals surface area contributed by atoms with Crippen molar-refractivity contribution in [3.63, 3.8) is 0 Å². The first kappa shape index (κ1) is 19.6. The molecule has 4 rings (SSSR count). The normalized spacial score (nSPS) is 10.1. The van der Waals surface area contributed by atoms with Crippen molar-refractivity contribution in [2.24, 2.45) is 0 Å². The maximum Gasteiger partial charge on any atom is -0.0152 e. The van der Waals surface area contributed by atoms with Crippen molar-refractivity contribution >= 4 is 0 Å². The average Bonchev–Trinajstić information content (AvgIpc) is 2.70. The van der Waals surface area contributed by atoms with E-state index in [1.807, 2.05) is 6.07 Å². The number of benzene rings is 4. The highest BCUT2D eigenvalue weighted by Gasteiger charge is 2.03. The summed E-state index contributed by atoms with van der Waals surface area (Å²) in [5, 5.41) is 0. The van der Waals surface area contributed by atoms with Gasteiger partial charge in [0.25, 0.3) is 0 Å². The van der Waals surface area contributed by atoms with Crippen LogP contribution in [0.4, 0.5) is 0 Å². The first-order chi connectivity index (χ1) is 13.5. The summed E-state index contributed by atoms with van der Waals surface area (Å²) in [6.45, 7) is 8.59. The summed E-state index contributed by atoms with van der Waals surface area (Å²) < 4.78 is 0. The highest BCUT2D eigenvalue weighted by Crippen LogP contribution is 2.26. The van der Waals surface area contributed by atoms with Crippen molar-refractivity contribution in [3.05, 3.63) is 119 Å². The minimum atomic E-state index is 1.28. The average molecular weight is 365 g/mol. The molecule has 0 N–H and O–H groups in total. The van der Waals surface area contributed by atoms with E-state index in [1.54, 1.807) is 0 Å². The van der Waals surface area contributed by atoms with Crippen LogP contribution < -0.4 is 0 Å². The number of hydrogen-bond donors (Lipinski definition) is 0. The van der Waals surface area contributed by atoms with E-state index in [0.29, 0.717) is 0 Å². The van der Waals surface area contributed by atoms with Crippen LogP contribution in [0, 0.1) is 27.7 Å². The van der Waals surface area contributed by atoms with Crippen LogP contribution in [0.15, 0.2) is 97.1 Å². The molecule has 0 saturated heterocycles. The molecule has 0 atom stereocenters. The molecule has 0 heteroatoms. The van der Waals surface area contributed by atoms with Crippen LogP contribution in [0.25, 0.3) is 22.3 Å². The predicted molar refractivity (Wildman–Crippen MR) is 123 cm³/mol. The number of aryl methyl sites for hydroxylation is 4. The zero-order valence-electron chi connectivity index (χ0n) is 17.2. The van der Waals surface area contributed by atoms with Crippen molar-refractivity contribution in [2.45, 2.75) is 27.7 Å². The second-order valence-corrected chi connectivity index (χ2v) is 7.37. The molecule has 0 spiro atoms. The van der Waals surface area contributed by atoms with E-state index in [2.05, 4.69) is 119 Å². The molecule has 0 saturated carbocycles. The smallest absolute Gasteiger partial charge is 0.0152 e. The molecule has 4 aromatic carbocycles. The first-order valence-electron chi connectivity index (χ1n) is 9.80. The molecule has 0 aliphatic rings.